The maximum atomic E-state index is 12.9. The van der Waals surface area contributed by atoms with E-state index in [1.807, 2.05) is 0 Å². The number of quaternary nitrogens is 3. The summed E-state index contributed by atoms with van der Waals surface area (Å²) >= 11 is 0. The van der Waals surface area contributed by atoms with E-state index in [2.05, 4.69) is 68.0 Å². The van der Waals surface area contributed by atoms with Crippen molar-refractivity contribution in [2.75, 3.05) is 121 Å². The van der Waals surface area contributed by atoms with Gasteiger partial charge in [0.2, 0.25) is 0 Å². The Labute approximate surface area is 409 Å². The molecule has 0 saturated heterocycles. The quantitative estimate of drug-likeness (QED) is 0.0384. The highest BCUT2D eigenvalue weighted by molar-refractivity contribution is 5.71. The molecule has 0 aliphatic heterocycles. The van der Waals surface area contributed by atoms with Crippen LogP contribution in [0.1, 0.15) is 175 Å². The number of carbonyl (C=O) groups excluding carboxylic acids is 3. The fourth-order valence-corrected chi connectivity index (χ4v) is 7.64. The molecule has 0 heterocycles. The summed E-state index contributed by atoms with van der Waals surface area (Å²) in [6, 6.07) is 0. The van der Waals surface area contributed by atoms with Crippen molar-refractivity contribution in [2.45, 2.75) is 175 Å². The van der Waals surface area contributed by atoms with Gasteiger partial charge in [-0.05, 0) is 38.5 Å². The van der Waals surface area contributed by atoms with Gasteiger partial charge in [0.25, 0.3) is 0 Å². The van der Waals surface area contributed by atoms with Crippen molar-refractivity contribution in [1.29, 1.82) is 0 Å². The lowest BCUT2D eigenvalue weighted by atomic mass is 10.1. The van der Waals surface area contributed by atoms with Gasteiger partial charge in [0.1, 0.15) is 19.8 Å². The Morgan fingerprint density at radius 2 is 0.541 bits per heavy atom. The van der Waals surface area contributed by atoms with E-state index >= 15 is 0 Å². The predicted molar refractivity (Wildman–Crippen MR) is 243 cm³/mol. The summed E-state index contributed by atoms with van der Waals surface area (Å²) in [6.07, 6.45) is 30.5. The third-order valence-corrected chi connectivity index (χ3v) is 11.5. The third-order valence-electron chi connectivity index (χ3n) is 11.5. The minimum Gasteiger partial charge on any atom is -1.00 e. The zero-order chi connectivity index (χ0) is 43.4. The van der Waals surface area contributed by atoms with E-state index in [9.17, 15) is 14.4 Å². The third kappa shape index (κ3) is 46.0. The number of esters is 3. The summed E-state index contributed by atoms with van der Waals surface area (Å²) in [4.78, 5) is 40.7. The van der Waals surface area contributed by atoms with Crippen molar-refractivity contribution >= 4 is 17.9 Å². The van der Waals surface area contributed by atoms with Gasteiger partial charge in [-0.1, -0.05) is 136 Å². The van der Waals surface area contributed by atoms with Crippen molar-refractivity contribution in [2.24, 2.45) is 0 Å². The molecule has 0 radical (unpaired) electrons. The Kier molecular flexibility index (Phi) is 48.1. The number of unbranched alkanes of at least 4 members (excludes halogenated alkanes) is 21. The molecule has 0 aromatic carbocycles. The van der Waals surface area contributed by atoms with Crippen molar-refractivity contribution in [3.05, 3.63) is 0 Å². The summed E-state index contributed by atoms with van der Waals surface area (Å²) < 4.78 is 19.0. The molecule has 10 nitrogen and oxygen atoms in total. The van der Waals surface area contributed by atoms with E-state index in [-0.39, 0.29) is 88.7 Å². The number of likely N-dealkylation sites (N-methyl/N-ethyl adjacent to an activating group) is 3. The molecule has 0 unspecified atom stereocenters. The average Bonchev–Trinajstić information content (AvgIpc) is 3.14. The smallest absolute Gasteiger partial charge is 0.361 e. The molecule has 0 saturated carbocycles. The van der Waals surface area contributed by atoms with E-state index < -0.39 is 0 Å². The first-order chi connectivity index (χ1) is 27.6. The molecule has 0 aliphatic carbocycles. The van der Waals surface area contributed by atoms with Gasteiger partial charge in [-0.15, -0.1) is 0 Å². The van der Waals surface area contributed by atoms with Crippen molar-refractivity contribution < 1.29 is 93.0 Å². The summed E-state index contributed by atoms with van der Waals surface area (Å²) in [5, 5.41) is 0. The molecular weight excluding hydrogens is 968 g/mol. The van der Waals surface area contributed by atoms with Gasteiger partial charge >= 0.3 is 17.9 Å². The van der Waals surface area contributed by atoms with Crippen LogP contribution < -0.4 is 50.9 Å². The fraction of sp³-hybridized carbons (Fsp3) is 0.938. The van der Waals surface area contributed by atoms with E-state index in [1.165, 1.54) is 135 Å². The Morgan fingerprint density at radius 3 is 0.754 bits per heavy atom. The molecule has 13 heteroatoms. The zero-order valence-corrected chi connectivity index (χ0v) is 46.1. The Balaban J connectivity index is -0.00000541. The first-order valence-electron chi connectivity index (χ1n) is 24.3. The number of carbonyl (C=O) groups is 3. The lowest BCUT2D eigenvalue weighted by molar-refractivity contribution is -0.883. The summed E-state index contributed by atoms with van der Waals surface area (Å²) in [5.74, 6) is -0.596. The molecule has 61 heavy (non-hydrogen) atoms. The van der Waals surface area contributed by atoms with Crippen LogP contribution in [-0.4, -0.2) is 157 Å². The van der Waals surface area contributed by atoms with Gasteiger partial charge in [0.15, 0.2) is 19.6 Å². The average molecular weight is 1070 g/mol. The number of nitrogens with zero attached hydrogens (tertiary/aromatic N) is 4. The molecule has 0 fully saturated rings. The van der Waals surface area contributed by atoms with Crippen LogP contribution in [-0.2, 0) is 28.6 Å². The SMILES string of the molecule is CCCCCCCCCC[N+](C)(C)CC(=O)OCCN(CCOC(=O)C[N+](C)(C)CCCCCCCCCC)CCOC(=O)C[N+](C)(C)CCCCCCCCCC.[Br-].[Br-].[Br-]. The molecule has 368 valence electrons. The maximum Gasteiger partial charge on any atom is 0.361 e. The van der Waals surface area contributed by atoms with E-state index in [4.69, 9.17) is 14.2 Å². The molecule has 0 aliphatic rings. The van der Waals surface area contributed by atoms with Gasteiger partial charge in [-0.2, -0.15) is 0 Å². The maximum absolute atomic E-state index is 12.9. The topological polar surface area (TPSA) is 82.1 Å². The fourth-order valence-electron chi connectivity index (χ4n) is 7.64. The van der Waals surface area contributed by atoms with Crippen LogP contribution in [0.15, 0.2) is 0 Å². The second-order valence-electron chi connectivity index (χ2n) is 19.4. The van der Waals surface area contributed by atoms with Crippen LogP contribution in [0.2, 0.25) is 0 Å². The van der Waals surface area contributed by atoms with Gasteiger partial charge in [-0.25, -0.2) is 14.4 Å². The monoisotopic (exact) mass is 1060 g/mol. The normalized spacial score (nSPS) is 11.7. The predicted octanol–water partition coefficient (Wildman–Crippen LogP) is 0.581. The summed E-state index contributed by atoms with van der Waals surface area (Å²) in [6.45, 7) is 12.8. The summed E-state index contributed by atoms with van der Waals surface area (Å²) in [5.41, 5.74) is 0. The summed E-state index contributed by atoms with van der Waals surface area (Å²) in [7, 11) is 12.6. The molecule has 0 aromatic heterocycles. The van der Waals surface area contributed by atoms with E-state index in [1.54, 1.807) is 0 Å². The molecule has 0 bridgehead atoms. The lowest BCUT2D eigenvalue weighted by Gasteiger charge is -2.29. The molecule has 0 amide bonds. The van der Waals surface area contributed by atoms with Gasteiger partial charge in [0.05, 0.1) is 61.9 Å². The standard InChI is InChI=1S/C48H99N4O6.3BrH/c1-10-13-16-19-22-25-28-31-37-50(4,5)43-46(53)56-40-34-49(35-41-57-47(54)44-51(6,7)38-32-29-26-23-20-17-14-11-2)36-42-58-48(55)45-52(8,9)39-33-30-27-24-21-18-15-12-3;;;/h10-45H2,1-9H3;3*1H/q+3;;;/p-3. The largest absolute Gasteiger partial charge is 1.00 e. The Morgan fingerprint density at radius 1 is 0.344 bits per heavy atom. The molecule has 0 rings (SSSR count). The van der Waals surface area contributed by atoms with Gasteiger partial charge in [-0.3, -0.25) is 4.90 Å². The van der Waals surface area contributed by atoms with Gasteiger partial charge < -0.3 is 78.6 Å². The number of halogens is 3. The van der Waals surface area contributed by atoms with Crippen molar-refractivity contribution in [3.8, 4) is 0 Å². The van der Waals surface area contributed by atoms with Crippen LogP contribution >= 0.6 is 0 Å². The van der Waals surface area contributed by atoms with E-state index in [0.717, 1.165) is 38.9 Å². The minimum absolute atomic E-state index is 0. The Hall–Kier alpha value is -0.310. The van der Waals surface area contributed by atoms with Crippen LogP contribution in [0.4, 0.5) is 0 Å². The lowest BCUT2D eigenvalue weighted by Crippen LogP contribution is -3.00. The van der Waals surface area contributed by atoms with Crippen molar-refractivity contribution in [3.63, 3.8) is 0 Å². The first kappa shape index (κ1) is 67.3. The molecule has 0 spiro atoms. The van der Waals surface area contributed by atoms with Crippen molar-refractivity contribution in [1.82, 2.24) is 4.90 Å². The highest BCUT2D eigenvalue weighted by atomic mass is 79.9. The number of hydrogen-bond donors (Lipinski definition) is 0. The Bertz CT molecular complexity index is 898. The highest BCUT2D eigenvalue weighted by Gasteiger charge is 2.24. The number of ether oxygens (including phenoxy) is 3. The number of rotatable bonds is 42. The second kappa shape index (κ2) is 43.6. The minimum atomic E-state index is -0.199. The van der Waals surface area contributed by atoms with E-state index in [0.29, 0.717) is 52.7 Å². The second-order valence-corrected chi connectivity index (χ2v) is 19.4. The van der Waals surface area contributed by atoms with Crippen LogP contribution in [0, 0.1) is 0 Å². The zero-order valence-electron chi connectivity index (χ0n) is 41.3. The van der Waals surface area contributed by atoms with Crippen LogP contribution in [0.3, 0.4) is 0 Å². The van der Waals surface area contributed by atoms with Gasteiger partial charge in [0, 0.05) is 19.6 Å². The molecule has 0 aromatic rings. The van der Waals surface area contributed by atoms with Crippen LogP contribution in [0.25, 0.3) is 0 Å². The highest BCUT2D eigenvalue weighted by Crippen LogP contribution is 2.13. The molecule has 0 N–H and O–H groups in total. The molecule has 0 atom stereocenters. The molecular formula is C48H99Br3N4O6. The number of hydrogen-bond acceptors (Lipinski definition) is 7. The first-order valence-corrected chi connectivity index (χ1v) is 24.3. The van der Waals surface area contributed by atoms with Crippen LogP contribution in [0.5, 0.6) is 0 Å².